The average molecular weight is 486 g/mol. The summed E-state index contributed by atoms with van der Waals surface area (Å²) < 4.78 is 6.11. The molecule has 38 heavy (non-hydrogen) atoms. The average Bonchev–Trinajstić information content (AvgIpc) is 3.35. The predicted octanol–water partition coefficient (Wildman–Crippen LogP) is 10.5. The van der Waals surface area contributed by atoms with Crippen LogP contribution >= 0.6 is 0 Å². The van der Waals surface area contributed by atoms with E-state index in [9.17, 15) is 0 Å². The topological polar surface area (TPSA) is 16.4 Å². The lowest BCUT2D eigenvalue weighted by molar-refractivity contribution is 0.669. The molecule has 2 heteroatoms. The molecule has 0 fully saturated rings. The highest BCUT2D eigenvalue weighted by atomic mass is 16.3. The maximum atomic E-state index is 6.11. The van der Waals surface area contributed by atoms with Gasteiger partial charge >= 0.3 is 0 Å². The van der Waals surface area contributed by atoms with Gasteiger partial charge in [-0.1, -0.05) is 91.0 Å². The van der Waals surface area contributed by atoms with E-state index in [1.807, 2.05) is 12.1 Å². The molecule has 2 nitrogen and oxygen atoms in total. The molecule has 0 unspecified atom stereocenters. The van der Waals surface area contributed by atoms with Gasteiger partial charge in [-0.05, 0) is 80.8 Å². The molecule has 0 aliphatic carbocycles. The second-order valence-corrected chi connectivity index (χ2v) is 9.81. The van der Waals surface area contributed by atoms with Crippen molar-refractivity contribution in [2.45, 2.75) is 0 Å². The largest absolute Gasteiger partial charge is 0.456 e. The van der Waals surface area contributed by atoms with Crippen LogP contribution in [0.3, 0.4) is 0 Å². The molecule has 8 aromatic rings. The van der Waals surface area contributed by atoms with Crippen molar-refractivity contribution in [2.75, 3.05) is 4.90 Å². The van der Waals surface area contributed by atoms with Gasteiger partial charge in [-0.25, -0.2) is 0 Å². The molecule has 0 radical (unpaired) electrons. The summed E-state index contributed by atoms with van der Waals surface area (Å²) in [6.07, 6.45) is 0. The van der Waals surface area contributed by atoms with Crippen LogP contribution < -0.4 is 4.90 Å². The van der Waals surface area contributed by atoms with Gasteiger partial charge in [-0.2, -0.15) is 0 Å². The molecule has 0 saturated heterocycles. The van der Waals surface area contributed by atoms with Gasteiger partial charge in [0, 0.05) is 27.8 Å². The third-order valence-electron chi connectivity index (χ3n) is 7.60. The van der Waals surface area contributed by atoms with Gasteiger partial charge < -0.3 is 9.32 Å². The number of hydrogen-bond donors (Lipinski definition) is 0. The van der Waals surface area contributed by atoms with Gasteiger partial charge in [0.15, 0.2) is 0 Å². The molecule has 1 aromatic heterocycles. The van der Waals surface area contributed by atoms with Crippen molar-refractivity contribution in [1.29, 1.82) is 0 Å². The van der Waals surface area contributed by atoms with Crippen LogP contribution in [0.5, 0.6) is 0 Å². The van der Waals surface area contributed by atoms with E-state index in [1.54, 1.807) is 0 Å². The Balaban J connectivity index is 1.37. The standard InChI is InChI=1S/C36H23NO/c1-2-9-27(10-3-1)37(29-19-21-35-33(23-29)32-12-6-7-13-34(32)38-35)28-18-20-31-26(22-28)17-16-25-15-14-24-8-4-5-11-30(24)36(25)31/h1-23H. The van der Waals surface area contributed by atoms with Crippen LogP contribution in [0, 0.1) is 0 Å². The van der Waals surface area contributed by atoms with E-state index in [0.29, 0.717) is 0 Å². The van der Waals surface area contributed by atoms with Crippen LogP contribution in [0.15, 0.2) is 144 Å². The van der Waals surface area contributed by atoms with E-state index >= 15 is 0 Å². The summed E-state index contributed by atoms with van der Waals surface area (Å²) in [6.45, 7) is 0. The molecule has 7 aromatic carbocycles. The minimum Gasteiger partial charge on any atom is -0.456 e. The molecule has 0 atom stereocenters. The maximum Gasteiger partial charge on any atom is 0.135 e. The summed E-state index contributed by atoms with van der Waals surface area (Å²) in [7, 11) is 0. The normalized spacial score (nSPS) is 11.7. The quantitative estimate of drug-likeness (QED) is 0.231. The second-order valence-electron chi connectivity index (χ2n) is 9.81. The lowest BCUT2D eigenvalue weighted by atomic mass is 9.96. The lowest BCUT2D eigenvalue weighted by Crippen LogP contribution is -2.09. The van der Waals surface area contributed by atoms with E-state index in [2.05, 4.69) is 132 Å². The molecule has 8 rings (SSSR count). The van der Waals surface area contributed by atoms with E-state index in [4.69, 9.17) is 4.42 Å². The minimum absolute atomic E-state index is 0.903. The van der Waals surface area contributed by atoms with Crippen molar-refractivity contribution < 1.29 is 4.42 Å². The van der Waals surface area contributed by atoms with Crippen LogP contribution in [0.25, 0.3) is 54.3 Å². The van der Waals surface area contributed by atoms with Gasteiger partial charge in [0.1, 0.15) is 11.2 Å². The minimum atomic E-state index is 0.903. The number of hydrogen-bond acceptors (Lipinski definition) is 2. The molecule has 1 heterocycles. The Morgan fingerprint density at radius 2 is 1.00 bits per heavy atom. The molecule has 0 N–H and O–H groups in total. The summed E-state index contributed by atoms with van der Waals surface area (Å²) in [4.78, 5) is 2.33. The summed E-state index contributed by atoms with van der Waals surface area (Å²) in [5, 5.41) is 9.88. The van der Waals surface area contributed by atoms with Gasteiger partial charge in [-0.3, -0.25) is 0 Å². The first kappa shape index (κ1) is 21.0. The molecule has 0 bridgehead atoms. The fourth-order valence-electron chi connectivity index (χ4n) is 5.84. The fourth-order valence-corrected chi connectivity index (χ4v) is 5.84. The molecule has 178 valence electrons. The highest BCUT2D eigenvalue weighted by molar-refractivity contribution is 6.20. The highest BCUT2D eigenvalue weighted by Crippen LogP contribution is 2.40. The summed E-state index contributed by atoms with van der Waals surface area (Å²) in [5.41, 5.74) is 5.15. The highest BCUT2D eigenvalue weighted by Gasteiger charge is 2.16. The molecule has 0 aliphatic rings. The Kier molecular flexibility index (Phi) is 4.55. The van der Waals surface area contributed by atoms with Crippen LogP contribution in [-0.4, -0.2) is 0 Å². The molecular weight excluding hydrogens is 462 g/mol. The zero-order chi connectivity index (χ0) is 25.1. The third kappa shape index (κ3) is 3.21. The van der Waals surface area contributed by atoms with Gasteiger partial charge in [0.2, 0.25) is 0 Å². The Morgan fingerprint density at radius 3 is 1.89 bits per heavy atom. The molecule has 0 aliphatic heterocycles. The third-order valence-corrected chi connectivity index (χ3v) is 7.60. The van der Waals surface area contributed by atoms with Crippen molar-refractivity contribution in [3.05, 3.63) is 140 Å². The number of furan rings is 1. The van der Waals surface area contributed by atoms with Crippen molar-refractivity contribution in [2.24, 2.45) is 0 Å². The van der Waals surface area contributed by atoms with Gasteiger partial charge in [-0.15, -0.1) is 0 Å². The van der Waals surface area contributed by atoms with E-state index in [-0.39, 0.29) is 0 Å². The monoisotopic (exact) mass is 485 g/mol. The van der Waals surface area contributed by atoms with E-state index in [0.717, 1.165) is 39.0 Å². The number of rotatable bonds is 3. The molecule has 0 amide bonds. The lowest BCUT2D eigenvalue weighted by Gasteiger charge is -2.26. The summed E-state index contributed by atoms with van der Waals surface area (Å²) >= 11 is 0. The van der Waals surface area contributed by atoms with Gasteiger partial charge in [0.25, 0.3) is 0 Å². The first-order valence-electron chi connectivity index (χ1n) is 12.9. The number of nitrogens with zero attached hydrogens (tertiary/aromatic N) is 1. The van der Waals surface area contributed by atoms with E-state index in [1.165, 1.54) is 32.3 Å². The van der Waals surface area contributed by atoms with Crippen molar-refractivity contribution in [1.82, 2.24) is 0 Å². The zero-order valence-corrected chi connectivity index (χ0v) is 20.6. The summed E-state index contributed by atoms with van der Waals surface area (Å²) in [5.74, 6) is 0. The second kappa shape index (κ2) is 8.22. The SMILES string of the molecule is c1ccc(N(c2ccc3c(ccc4ccc5ccccc5c43)c2)c2ccc3oc4ccccc4c3c2)cc1. The predicted molar refractivity (Wildman–Crippen MR) is 161 cm³/mol. The summed E-state index contributed by atoms with van der Waals surface area (Å²) in [6, 6.07) is 49.7. The Morgan fingerprint density at radius 1 is 0.368 bits per heavy atom. The first-order chi connectivity index (χ1) is 18.8. The Hall–Kier alpha value is -5.08. The van der Waals surface area contributed by atoms with Crippen molar-refractivity contribution in [3.63, 3.8) is 0 Å². The number of anilines is 3. The van der Waals surface area contributed by atoms with Crippen LogP contribution in [0.2, 0.25) is 0 Å². The maximum absolute atomic E-state index is 6.11. The number of para-hydroxylation sites is 2. The zero-order valence-electron chi connectivity index (χ0n) is 20.6. The fraction of sp³-hybridized carbons (Fsp3) is 0. The number of fused-ring (bicyclic) bond motifs is 8. The molecule has 0 saturated carbocycles. The van der Waals surface area contributed by atoms with Crippen LogP contribution in [-0.2, 0) is 0 Å². The van der Waals surface area contributed by atoms with Gasteiger partial charge in [0.05, 0.1) is 0 Å². The van der Waals surface area contributed by atoms with Crippen molar-refractivity contribution >= 4 is 71.3 Å². The Labute approximate surface area is 220 Å². The van der Waals surface area contributed by atoms with Crippen LogP contribution in [0.1, 0.15) is 0 Å². The van der Waals surface area contributed by atoms with Crippen LogP contribution in [0.4, 0.5) is 17.1 Å². The molecular formula is C36H23NO. The smallest absolute Gasteiger partial charge is 0.135 e. The molecule has 0 spiro atoms. The van der Waals surface area contributed by atoms with E-state index < -0.39 is 0 Å². The van der Waals surface area contributed by atoms with Crippen molar-refractivity contribution in [3.8, 4) is 0 Å². The Bertz CT molecular complexity index is 2140. The number of benzene rings is 7. The first-order valence-corrected chi connectivity index (χ1v) is 12.9.